The van der Waals surface area contributed by atoms with Gasteiger partial charge in [0.2, 0.25) is 0 Å². The molecular weight excluding hydrogens is 206 g/mol. The van der Waals surface area contributed by atoms with Crippen molar-refractivity contribution in [3.05, 3.63) is 34.8 Å². The maximum Gasteiger partial charge on any atom is 0.0488 e. The zero-order chi connectivity index (χ0) is 12.0. The Balaban J connectivity index is 2.43. The van der Waals surface area contributed by atoms with E-state index in [0.717, 1.165) is 12.8 Å². The van der Waals surface area contributed by atoms with E-state index >= 15 is 0 Å². The quantitative estimate of drug-likeness (QED) is 0.649. The van der Waals surface area contributed by atoms with Gasteiger partial charge in [0.15, 0.2) is 0 Å². The van der Waals surface area contributed by atoms with Crippen LogP contribution in [0.25, 0.3) is 23.1 Å². The molecule has 0 fully saturated rings. The number of rotatable bonds is 0. The van der Waals surface area contributed by atoms with Crippen molar-refractivity contribution in [2.45, 2.75) is 26.7 Å². The van der Waals surface area contributed by atoms with Crippen LogP contribution in [0, 0.1) is 5.41 Å². The van der Waals surface area contributed by atoms with Gasteiger partial charge in [-0.2, -0.15) is 0 Å². The van der Waals surface area contributed by atoms with Gasteiger partial charge in [0.25, 0.3) is 0 Å². The minimum Gasteiger partial charge on any atom is -0.344 e. The first-order chi connectivity index (χ1) is 8.08. The van der Waals surface area contributed by atoms with Crippen LogP contribution in [0.15, 0.2) is 24.3 Å². The Kier molecular flexibility index (Phi) is 2.19. The zero-order valence-electron chi connectivity index (χ0n) is 10.8. The van der Waals surface area contributed by atoms with Crippen LogP contribution in [0.1, 0.15) is 26.7 Å². The SMILES string of the molecule is Cn1c2c(c3ccccc31)=CCC(C)(C)CC=2. The molecule has 1 aromatic carbocycles. The summed E-state index contributed by atoms with van der Waals surface area (Å²) in [4.78, 5) is 0. The first kappa shape index (κ1) is 10.6. The van der Waals surface area contributed by atoms with Gasteiger partial charge in [-0.15, -0.1) is 0 Å². The van der Waals surface area contributed by atoms with E-state index < -0.39 is 0 Å². The van der Waals surface area contributed by atoms with E-state index in [9.17, 15) is 0 Å². The maximum absolute atomic E-state index is 2.42. The molecule has 1 aliphatic rings. The highest BCUT2D eigenvalue weighted by atomic mass is 14.9. The minimum atomic E-state index is 0.389. The smallest absolute Gasteiger partial charge is 0.0488 e. The van der Waals surface area contributed by atoms with Gasteiger partial charge < -0.3 is 4.57 Å². The van der Waals surface area contributed by atoms with Gasteiger partial charge in [0, 0.05) is 28.5 Å². The van der Waals surface area contributed by atoms with Gasteiger partial charge in [-0.3, -0.25) is 0 Å². The van der Waals surface area contributed by atoms with Crippen LogP contribution in [-0.4, -0.2) is 4.57 Å². The number of para-hydroxylation sites is 1. The van der Waals surface area contributed by atoms with Crippen LogP contribution < -0.4 is 10.6 Å². The number of nitrogens with zero attached hydrogens (tertiary/aromatic N) is 1. The molecule has 0 atom stereocenters. The highest BCUT2D eigenvalue weighted by Crippen LogP contribution is 2.27. The molecule has 0 bridgehead atoms. The number of aryl methyl sites for hydroxylation is 1. The molecule has 1 nitrogen and oxygen atoms in total. The van der Waals surface area contributed by atoms with Gasteiger partial charge in [-0.25, -0.2) is 0 Å². The Morgan fingerprint density at radius 1 is 1.06 bits per heavy atom. The molecule has 0 spiro atoms. The number of hydrogen-bond donors (Lipinski definition) is 0. The van der Waals surface area contributed by atoms with Crippen molar-refractivity contribution in [1.82, 2.24) is 4.57 Å². The Labute approximate surface area is 102 Å². The minimum absolute atomic E-state index is 0.389. The van der Waals surface area contributed by atoms with E-state index in [2.05, 4.69) is 61.9 Å². The van der Waals surface area contributed by atoms with Crippen LogP contribution >= 0.6 is 0 Å². The lowest BCUT2D eigenvalue weighted by Crippen LogP contribution is -2.26. The first-order valence-electron chi connectivity index (χ1n) is 6.32. The highest BCUT2D eigenvalue weighted by molar-refractivity contribution is 5.82. The third kappa shape index (κ3) is 1.61. The third-order valence-electron chi connectivity index (χ3n) is 3.90. The number of fused-ring (bicyclic) bond motifs is 3. The van der Waals surface area contributed by atoms with Crippen LogP contribution in [0.2, 0.25) is 0 Å². The predicted octanol–water partition coefficient (Wildman–Crippen LogP) is 2.56. The summed E-state index contributed by atoms with van der Waals surface area (Å²) in [5.41, 5.74) is 1.73. The Morgan fingerprint density at radius 3 is 2.59 bits per heavy atom. The highest BCUT2D eigenvalue weighted by Gasteiger charge is 2.17. The fourth-order valence-corrected chi connectivity index (χ4v) is 2.74. The lowest BCUT2D eigenvalue weighted by atomic mass is 9.86. The van der Waals surface area contributed by atoms with E-state index in [1.165, 1.54) is 21.5 Å². The molecule has 0 amide bonds. The van der Waals surface area contributed by atoms with Crippen molar-refractivity contribution in [3.8, 4) is 0 Å². The molecule has 0 saturated carbocycles. The molecule has 0 radical (unpaired) electrons. The van der Waals surface area contributed by atoms with Gasteiger partial charge >= 0.3 is 0 Å². The largest absolute Gasteiger partial charge is 0.344 e. The van der Waals surface area contributed by atoms with Gasteiger partial charge in [0.05, 0.1) is 0 Å². The summed E-state index contributed by atoms with van der Waals surface area (Å²) in [5, 5.41) is 4.20. The van der Waals surface area contributed by atoms with Crippen molar-refractivity contribution in [2.75, 3.05) is 0 Å². The fourth-order valence-electron chi connectivity index (χ4n) is 2.74. The summed E-state index contributed by atoms with van der Waals surface area (Å²) in [5.74, 6) is 0. The second-order valence-electron chi connectivity index (χ2n) is 5.86. The topological polar surface area (TPSA) is 4.93 Å². The molecule has 0 aliphatic heterocycles. The maximum atomic E-state index is 2.42. The summed E-state index contributed by atoms with van der Waals surface area (Å²) in [7, 11) is 2.17. The van der Waals surface area contributed by atoms with Crippen LogP contribution in [0.4, 0.5) is 0 Å². The molecular formula is C16H19N. The molecule has 88 valence electrons. The van der Waals surface area contributed by atoms with Crippen LogP contribution in [0.3, 0.4) is 0 Å². The second-order valence-corrected chi connectivity index (χ2v) is 5.86. The summed E-state index contributed by atoms with van der Waals surface area (Å²) < 4.78 is 2.32. The number of hydrogen-bond acceptors (Lipinski definition) is 0. The van der Waals surface area contributed by atoms with Crippen molar-refractivity contribution in [3.63, 3.8) is 0 Å². The molecule has 1 heterocycles. The molecule has 2 aromatic rings. The fraction of sp³-hybridized carbons (Fsp3) is 0.375. The Morgan fingerprint density at radius 2 is 1.76 bits per heavy atom. The normalized spacial score (nSPS) is 18.1. The molecule has 3 rings (SSSR count). The van der Waals surface area contributed by atoms with Crippen molar-refractivity contribution in [2.24, 2.45) is 12.5 Å². The molecule has 1 aliphatic carbocycles. The van der Waals surface area contributed by atoms with E-state index in [-0.39, 0.29) is 0 Å². The summed E-state index contributed by atoms with van der Waals surface area (Å²) in [6.45, 7) is 4.68. The van der Waals surface area contributed by atoms with E-state index in [1.54, 1.807) is 0 Å². The van der Waals surface area contributed by atoms with Crippen LogP contribution in [-0.2, 0) is 7.05 Å². The summed E-state index contributed by atoms with van der Waals surface area (Å²) in [6, 6.07) is 8.69. The van der Waals surface area contributed by atoms with Gasteiger partial charge in [-0.05, 0) is 24.3 Å². The molecule has 0 saturated heterocycles. The monoisotopic (exact) mass is 225 g/mol. The molecule has 1 aromatic heterocycles. The number of benzene rings is 1. The Hall–Kier alpha value is -1.50. The lowest BCUT2D eigenvalue weighted by molar-refractivity contribution is 0.398. The number of aromatic nitrogens is 1. The summed E-state index contributed by atoms with van der Waals surface area (Å²) >= 11 is 0. The van der Waals surface area contributed by atoms with Crippen molar-refractivity contribution in [1.29, 1.82) is 0 Å². The van der Waals surface area contributed by atoms with Crippen molar-refractivity contribution >= 4 is 23.1 Å². The molecule has 0 unspecified atom stereocenters. The predicted molar refractivity (Wildman–Crippen MR) is 74.1 cm³/mol. The standard InChI is InChI=1S/C16H19N/c1-16(2)10-8-13-12-6-4-5-7-14(12)17(3)15(13)9-11-16/h4-9H,10-11H2,1-3H3. The second kappa shape index (κ2) is 3.49. The first-order valence-corrected chi connectivity index (χ1v) is 6.32. The van der Waals surface area contributed by atoms with Crippen molar-refractivity contribution < 1.29 is 0 Å². The molecule has 0 N–H and O–H groups in total. The Bertz CT molecular complexity index is 686. The van der Waals surface area contributed by atoms with Gasteiger partial charge in [-0.1, -0.05) is 44.2 Å². The molecule has 1 heteroatoms. The average Bonchev–Trinajstić information content (AvgIpc) is 2.46. The molecule has 17 heavy (non-hydrogen) atoms. The van der Waals surface area contributed by atoms with Gasteiger partial charge in [0.1, 0.15) is 0 Å². The third-order valence-corrected chi connectivity index (χ3v) is 3.90. The summed E-state index contributed by atoms with van der Waals surface area (Å²) in [6.07, 6.45) is 7.13. The van der Waals surface area contributed by atoms with E-state index in [1.807, 2.05) is 0 Å². The zero-order valence-corrected chi connectivity index (χ0v) is 10.8. The van der Waals surface area contributed by atoms with Crippen LogP contribution in [0.5, 0.6) is 0 Å². The lowest BCUT2D eigenvalue weighted by Gasteiger charge is -2.19. The average molecular weight is 225 g/mol. The van der Waals surface area contributed by atoms with E-state index in [0.29, 0.717) is 5.41 Å². The van der Waals surface area contributed by atoms with E-state index in [4.69, 9.17) is 0 Å².